The zero-order valence-corrected chi connectivity index (χ0v) is 8.50. The van der Waals surface area contributed by atoms with Gasteiger partial charge in [-0.05, 0) is 6.42 Å². The summed E-state index contributed by atoms with van der Waals surface area (Å²) >= 11 is 0. The van der Waals surface area contributed by atoms with Gasteiger partial charge in [0.15, 0.2) is 0 Å². The molecule has 0 bridgehead atoms. The fourth-order valence-corrected chi connectivity index (χ4v) is 1.58. The first-order valence-corrected chi connectivity index (χ1v) is 4.80. The van der Waals surface area contributed by atoms with Crippen molar-refractivity contribution in [1.29, 1.82) is 0 Å². The minimum Gasteiger partial charge on any atom is -0.370 e. The van der Waals surface area contributed by atoms with Crippen LogP contribution in [0.3, 0.4) is 0 Å². The summed E-state index contributed by atoms with van der Waals surface area (Å²) in [6.45, 7) is 0.644. The van der Waals surface area contributed by atoms with E-state index in [0.717, 1.165) is 4.90 Å². The van der Waals surface area contributed by atoms with Gasteiger partial charge < -0.3 is 10.6 Å². The molecule has 1 heterocycles. The Morgan fingerprint density at radius 2 is 2.00 bits per heavy atom. The van der Waals surface area contributed by atoms with Crippen LogP contribution in [0.1, 0.15) is 19.8 Å². The number of nitrogens with zero attached hydrogens (tertiary/aromatic N) is 1. The van der Waals surface area contributed by atoms with Crippen LogP contribution in [0.4, 0.5) is 8.78 Å². The van der Waals surface area contributed by atoms with E-state index in [2.05, 4.69) is 0 Å². The van der Waals surface area contributed by atoms with E-state index in [1.807, 2.05) is 0 Å². The summed E-state index contributed by atoms with van der Waals surface area (Å²) in [6.07, 6.45) is 0.362. The Balaban J connectivity index is 2.48. The van der Waals surface area contributed by atoms with Crippen LogP contribution in [0.15, 0.2) is 0 Å². The third-order valence-electron chi connectivity index (χ3n) is 2.45. The van der Waals surface area contributed by atoms with Gasteiger partial charge in [0.05, 0.1) is 13.1 Å². The summed E-state index contributed by atoms with van der Waals surface area (Å²) < 4.78 is 25.0. The summed E-state index contributed by atoms with van der Waals surface area (Å²) in [6, 6.07) is 0. The molecule has 0 aliphatic carbocycles. The Morgan fingerprint density at radius 3 is 2.33 bits per heavy atom. The SMILES string of the molecule is CCC(CC(N)=O)C(=O)N1CC(F)(F)C1. The van der Waals surface area contributed by atoms with Gasteiger partial charge in [-0.25, -0.2) is 8.78 Å². The van der Waals surface area contributed by atoms with Gasteiger partial charge in [-0.15, -0.1) is 0 Å². The lowest BCUT2D eigenvalue weighted by molar-refractivity contribution is -0.170. The Kier molecular flexibility index (Phi) is 3.26. The van der Waals surface area contributed by atoms with Crippen molar-refractivity contribution < 1.29 is 18.4 Å². The molecule has 0 aromatic heterocycles. The molecule has 0 aromatic rings. The van der Waals surface area contributed by atoms with Crippen molar-refractivity contribution in [2.75, 3.05) is 13.1 Å². The summed E-state index contributed by atoms with van der Waals surface area (Å²) in [5.74, 6) is -4.30. The fourth-order valence-electron chi connectivity index (χ4n) is 1.58. The molecule has 1 fully saturated rings. The van der Waals surface area contributed by atoms with E-state index in [1.165, 1.54) is 0 Å². The van der Waals surface area contributed by atoms with Gasteiger partial charge in [0.2, 0.25) is 11.8 Å². The van der Waals surface area contributed by atoms with Gasteiger partial charge in [-0.2, -0.15) is 0 Å². The summed E-state index contributed by atoms with van der Waals surface area (Å²) in [5.41, 5.74) is 4.96. The number of carbonyl (C=O) groups excluding carboxylic acids is 2. The lowest BCUT2D eigenvalue weighted by Gasteiger charge is -2.40. The number of alkyl halides is 2. The molecule has 2 N–H and O–H groups in total. The maximum Gasteiger partial charge on any atom is 0.282 e. The van der Waals surface area contributed by atoms with Crippen molar-refractivity contribution in [3.05, 3.63) is 0 Å². The maximum atomic E-state index is 12.5. The first-order chi connectivity index (χ1) is 6.85. The third-order valence-corrected chi connectivity index (χ3v) is 2.45. The van der Waals surface area contributed by atoms with Crippen LogP contribution in [0, 0.1) is 5.92 Å². The second-order valence-corrected chi connectivity index (χ2v) is 3.83. The Labute approximate surface area is 86.4 Å². The normalized spacial score (nSPS) is 20.6. The van der Waals surface area contributed by atoms with E-state index in [9.17, 15) is 18.4 Å². The molecular weight excluding hydrogens is 206 g/mol. The number of hydrogen-bond acceptors (Lipinski definition) is 2. The van der Waals surface area contributed by atoms with Gasteiger partial charge >= 0.3 is 0 Å². The van der Waals surface area contributed by atoms with Crippen LogP contribution in [0.25, 0.3) is 0 Å². The molecule has 1 unspecified atom stereocenters. The standard InChI is InChI=1S/C9H14F2N2O2/c1-2-6(3-7(12)14)8(15)13-4-9(10,11)5-13/h6H,2-5H2,1H3,(H2,12,14). The van der Waals surface area contributed by atoms with Gasteiger partial charge in [-0.3, -0.25) is 9.59 Å². The predicted molar refractivity (Wildman–Crippen MR) is 49.1 cm³/mol. The molecule has 1 aliphatic rings. The highest BCUT2D eigenvalue weighted by Gasteiger charge is 2.47. The van der Waals surface area contributed by atoms with Gasteiger partial charge in [0.1, 0.15) is 0 Å². The first kappa shape index (κ1) is 11.9. The van der Waals surface area contributed by atoms with Crippen LogP contribution in [0.2, 0.25) is 0 Å². The van der Waals surface area contributed by atoms with E-state index >= 15 is 0 Å². The highest BCUT2D eigenvalue weighted by atomic mass is 19.3. The molecule has 15 heavy (non-hydrogen) atoms. The second kappa shape index (κ2) is 4.12. The van der Waals surface area contributed by atoms with Crippen molar-refractivity contribution in [2.24, 2.45) is 11.7 Å². The van der Waals surface area contributed by atoms with Gasteiger partial charge in [0, 0.05) is 12.3 Å². The number of primary amides is 1. The van der Waals surface area contributed by atoms with Crippen molar-refractivity contribution in [1.82, 2.24) is 4.90 Å². The van der Waals surface area contributed by atoms with Crippen LogP contribution < -0.4 is 5.73 Å². The number of rotatable bonds is 4. The molecule has 6 heteroatoms. The molecule has 1 aliphatic heterocycles. The number of carbonyl (C=O) groups is 2. The van der Waals surface area contributed by atoms with Crippen molar-refractivity contribution >= 4 is 11.8 Å². The van der Waals surface area contributed by atoms with E-state index in [4.69, 9.17) is 5.73 Å². The van der Waals surface area contributed by atoms with E-state index in [0.29, 0.717) is 6.42 Å². The number of halogens is 2. The lowest BCUT2D eigenvalue weighted by Crippen LogP contribution is -2.59. The van der Waals surface area contributed by atoms with Gasteiger partial charge in [-0.1, -0.05) is 6.92 Å². The van der Waals surface area contributed by atoms with E-state index in [-0.39, 0.29) is 6.42 Å². The second-order valence-electron chi connectivity index (χ2n) is 3.83. The average Bonchev–Trinajstić information content (AvgIpc) is 2.08. The molecular formula is C9H14F2N2O2. The molecule has 2 amide bonds. The molecule has 86 valence electrons. The van der Waals surface area contributed by atoms with Crippen molar-refractivity contribution in [3.8, 4) is 0 Å². The quantitative estimate of drug-likeness (QED) is 0.743. The number of hydrogen-bond donors (Lipinski definition) is 1. The Hall–Kier alpha value is -1.20. The third kappa shape index (κ3) is 2.87. The monoisotopic (exact) mass is 220 g/mol. The summed E-state index contributed by atoms with van der Waals surface area (Å²) in [7, 11) is 0. The predicted octanol–water partition coefficient (Wildman–Crippen LogP) is 0.366. The Bertz CT molecular complexity index is 273. The summed E-state index contributed by atoms with van der Waals surface area (Å²) in [5, 5.41) is 0. The van der Waals surface area contributed by atoms with Crippen molar-refractivity contribution in [2.45, 2.75) is 25.7 Å². The van der Waals surface area contributed by atoms with Crippen LogP contribution in [-0.4, -0.2) is 35.7 Å². The minimum absolute atomic E-state index is 0.0720. The Morgan fingerprint density at radius 1 is 1.47 bits per heavy atom. The average molecular weight is 220 g/mol. The van der Waals surface area contributed by atoms with Gasteiger partial charge in [0.25, 0.3) is 5.92 Å². The topological polar surface area (TPSA) is 63.4 Å². The van der Waals surface area contributed by atoms with Crippen LogP contribution >= 0.6 is 0 Å². The molecule has 0 aromatic carbocycles. The number of likely N-dealkylation sites (tertiary alicyclic amines) is 1. The highest BCUT2D eigenvalue weighted by Crippen LogP contribution is 2.28. The molecule has 0 radical (unpaired) electrons. The first-order valence-electron chi connectivity index (χ1n) is 4.80. The largest absolute Gasteiger partial charge is 0.370 e. The smallest absolute Gasteiger partial charge is 0.282 e. The number of amides is 2. The fraction of sp³-hybridized carbons (Fsp3) is 0.778. The van der Waals surface area contributed by atoms with E-state index in [1.54, 1.807) is 6.92 Å². The van der Waals surface area contributed by atoms with Crippen molar-refractivity contribution in [3.63, 3.8) is 0 Å². The molecule has 1 saturated heterocycles. The highest BCUT2D eigenvalue weighted by molar-refractivity contribution is 5.85. The zero-order chi connectivity index (χ0) is 11.6. The molecule has 0 spiro atoms. The molecule has 4 nitrogen and oxygen atoms in total. The minimum atomic E-state index is -2.76. The molecule has 1 rings (SSSR count). The lowest BCUT2D eigenvalue weighted by atomic mass is 9.98. The summed E-state index contributed by atoms with van der Waals surface area (Å²) in [4.78, 5) is 23.3. The van der Waals surface area contributed by atoms with E-state index < -0.39 is 36.7 Å². The van der Waals surface area contributed by atoms with Crippen LogP contribution in [0.5, 0.6) is 0 Å². The molecule has 0 saturated carbocycles. The zero-order valence-electron chi connectivity index (χ0n) is 8.50. The molecule has 1 atom stereocenters. The number of nitrogens with two attached hydrogens (primary N) is 1. The van der Waals surface area contributed by atoms with Crippen LogP contribution in [-0.2, 0) is 9.59 Å². The maximum absolute atomic E-state index is 12.5.